The predicted molar refractivity (Wildman–Crippen MR) is 57.8 cm³/mol. The molecular weight excluding hydrogens is 244 g/mol. The smallest absolute Gasteiger partial charge is 0.326 e. The van der Waals surface area contributed by atoms with Crippen LogP contribution in [0.25, 0.3) is 0 Å². The molecule has 0 aliphatic rings. The maximum absolute atomic E-state index is 11.3. The quantitative estimate of drug-likeness (QED) is 0.567. The van der Waals surface area contributed by atoms with Crippen LogP contribution >= 0.6 is 0 Å². The zero-order valence-electron chi connectivity index (χ0n) is 9.25. The van der Waals surface area contributed by atoms with E-state index in [9.17, 15) is 14.4 Å². The molecule has 1 aromatic rings. The summed E-state index contributed by atoms with van der Waals surface area (Å²) in [6.07, 6.45) is 0.739. The zero-order chi connectivity index (χ0) is 13.5. The summed E-state index contributed by atoms with van der Waals surface area (Å²) in [6, 6.07) is 1.02. The molecule has 0 saturated heterocycles. The van der Waals surface area contributed by atoms with Crippen LogP contribution in [-0.2, 0) is 16.1 Å². The minimum Gasteiger partial charge on any atom is -0.481 e. The van der Waals surface area contributed by atoms with Crippen molar-refractivity contribution in [2.24, 2.45) is 0 Å². The number of carboxylic acid groups (broad SMARTS) is 2. The monoisotopic (exact) mass is 256 g/mol. The van der Waals surface area contributed by atoms with Gasteiger partial charge >= 0.3 is 18.0 Å². The Labute approximate surface area is 102 Å². The molecule has 98 valence electrons. The molecule has 8 heteroatoms. The van der Waals surface area contributed by atoms with E-state index < -0.39 is 30.4 Å². The van der Waals surface area contributed by atoms with Crippen LogP contribution in [0.2, 0.25) is 0 Å². The highest BCUT2D eigenvalue weighted by Gasteiger charge is 2.22. The molecule has 18 heavy (non-hydrogen) atoms. The van der Waals surface area contributed by atoms with E-state index >= 15 is 0 Å². The van der Waals surface area contributed by atoms with Crippen LogP contribution in [0.1, 0.15) is 12.2 Å². The van der Waals surface area contributed by atoms with Gasteiger partial charge in [0.25, 0.3) is 0 Å². The largest absolute Gasteiger partial charge is 0.481 e. The molecule has 1 heterocycles. The van der Waals surface area contributed by atoms with Crippen LogP contribution in [-0.4, -0.2) is 34.2 Å². The molecule has 0 aliphatic carbocycles. The lowest BCUT2D eigenvalue weighted by atomic mass is 10.2. The molecule has 0 fully saturated rings. The zero-order valence-corrected chi connectivity index (χ0v) is 9.25. The maximum Gasteiger partial charge on any atom is 0.326 e. The third kappa shape index (κ3) is 4.56. The van der Waals surface area contributed by atoms with Crippen LogP contribution in [0.3, 0.4) is 0 Å². The first-order valence-electron chi connectivity index (χ1n) is 5.00. The lowest BCUT2D eigenvalue weighted by Gasteiger charge is -2.12. The second-order valence-electron chi connectivity index (χ2n) is 3.40. The topological polar surface area (TPSA) is 129 Å². The number of carbonyl (C=O) groups is 3. The van der Waals surface area contributed by atoms with Crippen molar-refractivity contribution in [2.75, 3.05) is 0 Å². The van der Waals surface area contributed by atoms with Gasteiger partial charge in [0.2, 0.25) is 0 Å². The number of carbonyl (C=O) groups excluding carboxylic acids is 1. The lowest BCUT2D eigenvalue weighted by molar-refractivity contribution is -0.145. The summed E-state index contributed by atoms with van der Waals surface area (Å²) in [5.41, 5.74) is 0. The van der Waals surface area contributed by atoms with Crippen molar-refractivity contribution in [1.29, 1.82) is 0 Å². The Bertz CT molecular complexity index is 428. The van der Waals surface area contributed by atoms with Crippen LogP contribution in [0.5, 0.6) is 0 Å². The van der Waals surface area contributed by atoms with Crippen molar-refractivity contribution in [2.45, 2.75) is 19.0 Å². The summed E-state index contributed by atoms with van der Waals surface area (Å²) < 4.78 is 4.95. The number of hydrogen-bond acceptors (Lipinski definition) is 4. The van der Waals surface area contributed by atoms with E-state index in [1.54, 1.807) is 12.1 Å². The molecule has 0 radical (unpaired) electrons. The summed E-state index contributed by atoms with van der Waals surface area (Å²) in [5.74, 6) is -2.23. The second kappa shape index (κ2) is 6.28. The molecule has 1 atom stereocenters. The average Bonchev–Trinajstić information content (AvgIpc) is 2.77. The summed E-state index contributed by atoms with van der Waals surface area (Å²) >= 11 is 0. The van der Waals surface area contributed by atoms with Gasteiger partial charge in [-0.25, -0.2) is 9.59 Å². The van der Waals surface area contributed by atoms with Crippen molar-refractivity contribution >= 4 is 18.0 Å². The molecule has 4 N–H and O–H groups in total. The lowest BCUT2D eigenvalue weighted by Crippen LogP contribution is -2.46. The van der Waals surface area contributed by atoms with Crippen molar-refractivity contribution < 1.29 is 29.0 Å². The Hall–Kier alpha value is -2.51. The Morgan fingerprint density at radius 3 is 2.56 bits per heavy atom. The molecular formula is C10H12N2O6. The van der Waals surface area contributed by atoms with Crippen molar-refractivity contribution in [1.82, 2.24) is 10.6 Å². The van der Waals surface area contributed by atoms with Crippen LogP contribution < -0.4 is 10.6 Å². The van der Waals surface area contributed by atoms with E-state index in [1.165, 1.54) is 6.26 Å². The number of furan rings is 1. The average molecular weight is 256 g/mol. The van der Waals surface area contributed by atoms with Gasteiger partial charge in [-0.05, 0) is 12.1 Å². The second-order valence-corrected chi connectivity index (χ2v) is 3.40. The van der Waals surface area contributed by atoms with E-state index in [2.05, 4.69) is 5.32 Å². The van der Waals surface area contributed by atoms with Gasteiger partial charge in [-0.1, -0.05) is 0 Å². The first-order chi connectivity index (χ1) is 8.49. The predicted octanol–water partition coefficient (Wildman–Crippen LogP) is 0.00670. The standard InChI is InChI=1S/C10H12N2O6/c13-8(14)4-7(9(15)16)12-10(17)11-5-6-2-1-3-18-6/h1-3,7H,4-5H2,(H,13,14)(H,15,16)(H2,11,12,17)/t7-/m0/s1. The molecule has 2 amide bonds. The van der Waals surface area contributed by atoms with Gasteiger partial charge in [-0.15, -0.1) is 0 Å². The fourth-order valence-corrected chi connectivity index (χ4v) is 1.16. The van der Waals surface area contributed by atoms with Crippen molar-refractivity contribution in [3.8, 4) is 0 Å². The van der Waals surface area contributed by atoms with Gasteiger partial charge in [0.15, 0.2) is 0 Å². The molecule has 1 aromatic heterocycles. The molecule has 0 spiro atoms. The highest BCUT2D eigenvalue weighted by atomic mass is 16.4. The number of rotatable bonds is 6. The van der Waals surface area contributed by atoms with Gasteiger partial charge in [0.05, 0.1) is 19.2 Å². The van der Waals surface area contributed by atoms with E-state index in [4.69, 9.17) is 14.6 Å². The summed E-state index contributed by atoms with van der Waals surface area (Å²) in [7, 11) is 0. The van der Waals surface area contributed by atoms with Gasteiger partial charge in [-0.3, -0.25) is 4.79 Å². The number of urea groups is 1. The highest BCUT2D eigenvalue weighted by molar-refractivity contribution is 5.86. The SMILES string of the molecule is O=C(O)C[C@H](NC(=O)NCc1ccco1)C(=O)O. The molecule has 0 bridgehead atoms. The number of hydrogen-bond donors (Lipinski definition) is 4. The van der Waals surface area contributed by atoms with Crippen molar-refractivity contribution in [3.63, 3.8) is 0 Å². The third-order valence-electron chi connectivity index (χ3n) is 1.99. The van der Waals surface area contributed by atoms with E-state index in [-0.39, 0.29) is 6.54 Å². The molecule has 0 unspecified atom stereocenters. The highest BCUT2D eigenvalue weighted by Crippen LogP contribution is 1.98. The van der Waals surface area contributed by atoms with Gasteiger partial charge < -0.3 is 25.3 Å². The maximum atomic E-state index is 11.3. The minimum atomic E-state index is -1.47. The minimum absolute atomic E-state index is 0.0816. The molecule has 0 saturated carbocycles. The molecule has 8 nitrogen and oxygen atoms in total. The Kier molecular flexibility index (Phi) is 4.73. The molecule has 0 aliphatic heterocycles. The van der Waals surface area contributed by atoms with E-state index in [1.807, 2.05) is 5.32 Å². The number of aliphatic carboxylic acids is 2. The van der Waals surface area contributed by atoms with Crippen LogP contribution in [0.4, 0.5) is 4.79 Å². The Morgan fingerprint density at radius 2 is 2.06 bits per heavy atom. The first kappa shape index (κ1) is 13.6. The number of nitrogens with one attached hydrogen (secondary N) is 2. The van der Waals surface area contributed by atoms with Gasteiger partial charge in [0, 0.05) is 0 Å². The van der Waals surface area contributed by atoms with Crippen LogP contribution in [0.15, 0.2) is 22.8 Å². The number of amides is 2. The van der Waals surface area contributed by atoms with E-state index in [0.717, 1.165) is 0 Å². The summed E-state index contributed by atoms with van der Waals surface area (Å²) in [5, 5.41) is 21.6. The van der Waals surface area contributed by atoms with Gasteiger partial charge in [0.1, 0.15) is 11.8 Å². The molecule has 1 rings (SSSR count). The fraction of sp³-hybridized carbons (Fsp3) is 0.300. The first-order valence-corrected chi connectivity index (χ1v) is 5.00. The van der Waals surface area contributed by atoms with Crippen LogP contribution in [0, 0.1) is 0 Å². The van der Waals surface area contributed by atoms with Gasteiger partial charge in [-0.2, -0.15) is 0 Å². The number of carboxylic acids is 2. The fourth-order valence-electron chi connectivity index (χ4n) is 1.16. The third-order valence-corrected chi connectivity index (χ3v) is 1.99. The Morgan fingerprint density at radius 1 is 1.33 bits per heavy atom. The summed E-state index contributed by atoms with van der Waals surface area (Å²) in [6.45, 7) is 0.0816. The van der Waals surface area contributed by atoms with Crippen molar-refractivity contribution in [3.05, 3.63) is 24.2 Å². The Balaban J connectivity index is 2.41. The molecule has 0 aromatic carbocycles. The summed E-state index contributed by atoms with van der Waals surface area (Å²) in [4.78, 5) is 32.4. The normalized spacial score (nSPS) is 11.6. The van der Waals surface area contributed by atoms with E-state index in [0.29, 0.717) is 5.76 Å².